The lowest BCUT2D eigenvalue weighted by Gasteiger charge is -2.10. The summed E-state index contributed by atoms with van der Waals surface area (Å²) in [5, 5.41) is 13.6. The molecule has 1 heterocycles. The number of carbonyl (C=O) groups is 3. The average molecular weight is 408 g/mol. The number of amides is 1. The van der Waals surface area contributed by atoms with E-state index in [2.05, 4.69) is 5.32 Å². The number of nitro benzene ring substituents is 1. The molecule has 0 unspecified atom stereocenters. The number of anilines is 1. The van der Waals surface area contributed by atoms with Crippen LogP contribution >= 0.6 is 0 Å². The number of Topliss-reactive ketones (excluding diaryl/α,β-unsaturated/α-hetero) is 1. The predicted molar refractivity (Wildman–Crippen MR) is 106 cm³/mol. The van der Waals surface area contributed by atoms with Gasteiger partial charge >= 0.3 is 5.97 Å². The summed E-state index contributed by atoms with van der Waals surface area (Å²) in [5.74, 6) is -1.92. The summed E-state index contributed by atoms with van der Waals surface area (Å²) in [6, 6.07) is 13.2. The number of rotatable bonds is 7. The summed E-state index contributed by atoms with van der Waals surface area (Å²) in [5.41, 5.74) is 0.495. The van der Waals surface area contributed by atoms with E-state index in [4.69, 9.17) is 9.15 Å². The standard InChI is InChI=1S/C21H16N2O7/c1-13-8-9-14(11-17(13)23(27)28)18(24)12-30-21(26)15-5-2-3-6-16(15)22-20(25)19-7-4-10-29-19/h2-11H,12H2,1H3,(H,22,25). The fourth-order valence-corrected chi connectivity index (χ4v) is 2.63. The SMILES string of the molecule is Cc1ccc(C(=O)COC(=O)c2ccccc2NC(=O)c2ccco2)cc1[N+](=O)[O-]. The molecule has 3 rings (SSSR count). The van der Waals surface area contributed by atoms with E-state index in [1.54, 1.807) is 25.1 Å². The van der Waals surface area contributed by atoms with E-state index in [9.17, 15) is 24.5 Å². The molecule has 1 N–H and O–H groups in total. The first-order chi connectivity index (χ1) is 14.4. The van der Waals surface area contributed by atoms with Gasteiger partial charge in [0.15, 0.2) is 12.4 Å². The first-order valence-corrected chi connectivity index (χ1v) is 8.76. The molecule has 1 aromatic heterocycles. The van der Waals surface area contributed by atoms with Crippen molar-refractivity contribution in [3.63, 3.8) is 0 Å². The summed E-state index contributed by atoms with van der Waals surface area (Å²) in [6.07, 6.45) is 1.34. The van der Waals surface area contributed by atoms with Crippen LogP contribution in [0.15, 0.2) is 65.3 Å². The summed E-state index contributed by atoms with van der Waals surface area (Å²) >= 11 is 0. The lowest BCUT2D eigenvalue weighted by molar-refractivity contribution is -0.385. The zero-order chi connectivity index (χ0) is 21.7. The monoisotopic (exact) mass is 408 g/mol. The van der Waals surface area contributed by atoms with E-state index in [0.29, 0.717) is 5.56 Å². The van der Waals surface area contributed by atoms with Gasteiger partial charge in [0.1, 0.15) is 0 Å². The summed E-state index contributed by atoms with van der Waals surface area (Å²) < 4.78 is 10.1. The number of nitrogens with one attached hydrogen (secondary N) is 1. The third kappa shape index (κ3) is 4.58. The van der Waals surface area contributed by atoms with Gasteiger partial charge in [-0.25, -0.2) is 4.79 Å². The Kier molecular flexibility index (Phi) is 6.02. The van der Waals surface area contributed by atoms with Crippen LogP contribution in [0.1, 0.15) is 36.8 Å². The van der Waals surface area contributed by atoms with E-state index in [1.807, 2.05) is 0 Å². The Labute approximate surface area is 170 Å². The maximum atomic E-state index is 12.4. The Morgan fingerprint density at radius 1 is 1.10 bits per heavy atom. The molecule has 0 radical (unpaired) electrons. The third-order valence-corrected chi connectivity index (χ3v) is 4.20. The van der Waals surface area contributed by atoms with E-state index in [-0.39, 0.29) is 28.3 Å². The molecule has 2 aromatic carbocycles. The van der Waals surface area contributed by atoms with Gasteiger partial charge in [-0.3, -0.25) is 19.7 Å². The number of nitro groups is 1. The highest BCUT2D eigenvalue weighted by molar-refractivity contribution is 6.07. The number of ether oxygens (including phenoxy) is 1. The van der Waals surface area contributed by atoms with Gasteiger partial charge in [0, 0.05) is 17.2 Å². The highest BCUT2D eigenvalue weighted by atomic mass is 16.6. The van der Waals surface area contributed by atoms with Gasteiger partial charge in [0.25, 0.3) is 11.6 Å². The Hall–Kier alpha value is -4.27. The molecule has 0 fully saturated rings. The van der Waals surface area contributed by atoms with E-state index in [1.165, 1.54) is 36.6 Å². The molecule has 1 amide bonds. The van der Waals surface area contributed by atoms with Crippen molar-refractivity contribution in [2.24, 2.45) is 0 Å². The van der Waals surface area contributed by atoms with Crippen LogP contribution < -0.4 is 5.32 Å². The molecule has 0 spiro atoms. The second kappa shape index (κ2) is 8.82. The molecular formula is C21H16N2O7. The van der Waals surface area contributed by atoms with Gasteiger partial charge in [-0.2, -0.15) is 0 Å². The van der Waals surface area contributed by atoms with Crippen LogP contribution in [0.25, 0.3) is 0 Å². The zero-order valence-corrected chi connectivity index (χ0v) is 15.8. The van der Waals surface area contributed by atoms with Crippen molar-refractivity contribution >= 4 is 29.0 Å². The minimum Gasteiger partial charge on any atom is -0.459 e. The lowest BCUT2D eigenvalue weighted by atomic mass is 10.1. The van der Waals surface area contributed by atoms with Crippen molar-refractivity contribution < 1.29 is 28.5 Å². The molecule has 0 saturated heterocycles. The van der Waals surface area contributed by atoms with Crippen LogP contribution in [-0.2, 0) is 4.74 Å². The number of carbonyl (C=O) groups excluding carboxylic acids is 3. The zero-order valence-electron chi connectivity index (χ0n) is 15.8. The minimum atomic E-state index is -0.833. The fraction of sp³-hybridized carbons (Fsp3) is 0.0952. The van der Waals surface area contributed by atoms with Crippen molar-refractivity contribution in [1.29, 1.82) is 0 Å². The first-order valence-electron chi connectivity index (χ1n) is 8.76. The highest BCUT2D eigenvalue weighted by Gasteiger charge is 2.19. The number of benzene rings is 2. The van der Waals surface area contributed by atoms with Crippen LogP contribution in [0.4, 0.5) is 11.4 Å². The Morgan fingerprint density at radius 2 is 1.87 bits per heavy atom. The molecule has 30 heavy (non-hydrogen) atoms. The molecule has 0 aliphatic rings. The second-order valence-corrected chi connectivity index (χ2v) is 6.23. The second-order valence-electron chi connectivity index (χ2n) is 6.23. The first kappa shape index (κ1) is 20.5. The van der Waals surface area contributed by atoms with Crippen molar-refractivity contribution in [2.75, 3.05) is 11.9 Å². The van der Waals surface area contributed by atoms with Gasteiger partial charge in [0.05, 0.1) is 22.4 Å². The van der Waals surface area contributed by atoms with E-state index < -0.39 is 29.2 Å². The van der Waals surface area contributed by atoms with E-state index >= 15 is 0 Å². The van der Waals surface area contributed by atoms with Crippen molar-refractivity contribution in [3.05, 3.63) is 93.4 Å². The van der Waals surface area contributed by atoms with Gasteiger partial charge in [-0.05, 0) is 31.2 Å². The number of ketones is 1. The number of esters is 1. The molecule has 0 atom stereocenters. The van der Waals surface area contributed by atoms with Crippen LogP contribution in [-0.4, -0.2) is 29.2 Å². The number of hydrogen-bond acceptors (Lipinski definition) is 7. The maximum absolute atomic E-state index is 12.4. The maximum Gasteiger partial charge on any atom is 0.340 e. The highest BCUT2D eigenvalue weighted by Crippen LogP contribution is 2.21. The van der Waals surface area contributed by atoms with Gasteiger partial charge < -0.3 is 14.5 Å². The summed E-state index contributed by atoms with van der Waals surface area (Å²) in [4.78, 5) is 47.3. The molecule has 3 aromatic rings. The van der Waals surface area contributed by atoms with Crippen molar-refractivity contribution in [2.45, 2.75) is 6.92 Å². The minimum absolute atomic E-state index is 0.0418. The lowest BCUT2D eigenvalue weighted by Crippen LogP contribution is -2.18. The number of nitrogens with zero attached hydrogens (tertiary/aromatic N) is 1. The van der Waals surface area contributed by atoms with Crippen molar-refractivity contribution in [1.82, 2.24) is 0 Å². The number of hydrogen-bond donors (Lipinski definition) is 1. The smallest absolute Gasteiger partial charge is 0.340 e. The number of para-hydroxylation sites is 1. The number of aryl methyl sites for hydroxylation is 1. The van der Waals surface area contributed by atoms with Crippen LogP contribution in [0.2, 0.25) is 0 Å². The molecule has 152 valence electrons. The third-order valence-electron chi connectivity index (χ3n) is 4.20. The quantitative estimate of drug-likeness (QED) is 0.272. The molecule has 9 heteroatoms. The summed E-state index contributed by atoms with van der Waals surface area (Å²) in [7, 11) is 0. The fourth-order valence-electron chi connectivity index (χ4n) is 2.63. The Bertz CT molecular complexity index is 1120. The van der Waals surface area contributed by atoms with Gasteiger partial charge in [-0.1, -0.05) is 24.3 Å². The van der Waals surface area contributed by atoms with Crippen LogP contribution in [0, 0.1) is 17.0 Å². The van der Waals surface area contributed by atoms with Gasteiger partial charge in [0.2, 0.25) is 5.78 Å². The van der Waals surface area contributed by atoms with Crippen LogP contribution in [0.3, 0.4) is 0 Å². The average Bonchev–Trinajstić information content (AvgIpc) is 3.27. The Morgan fingerprint density at radius 3 is 2.57 bits per heavy atom. The summed E-state index contributed by atoms with van der Waals surface area (Å²) in [6.45, 7) is 0.944. The normalized spacial score (nSPS) is 10.3. The molecule has 0 aliphatic heterocycles. The molecule has 0 saturated carbocycles. The Balaban J connectivity index is 1.70. The van der Waals surface area contributed by atoms with Crippen LogP contribution in [0.5, 0.6) is 0 Å². The molecule has 0 aliphatic carbocycles. The van der Waals surface area contributed by atoms with E-state index in [0.717, 1.165) is 6.07 Å². The van der Waals surface area contributed by atoms with Crippen molar-refractivity contribution in [3.8, 4) is 0 Å². The molecule has 9 nitrogen and oxygen atoms in total. The number of furan rings is 1. The topological polar surface area (TPSA) is 129 Å². The van der Waals surface area contributed by atoms with Gasteiger partial charge in [-0.15, -0.1) is 0 Å². The molecule has 0 bridgehead atoms. The largest absolute Gasteiger partial charge is 0.459 e. The molecular weight excluding hydrogens is 392 g/mol. The predicted octanol–water partition coefficient (Wildman–Crippen LogP) is 3.79.